The highest BCUT2D eigenvalue weighted by Crippen LogP contribution is 2.18. The lowest BCUT2D eigenvalue weighted by atomic mass is 9.96. The molecule has 0 saturated carbocycles. The van der Waals surface area contributed by atoms with Crippen LogP contribution in [0.2, 0.25) is 0 Å². The van der Waals surface area contributed by atoms with Gasteiger partial charge in [-0.3, -0.25) is 4.79 Å². The minimum Gasteiger partial charge on any atom is -0.508 e. The van der Waals surface area contributed by atoms with Gasteiger partial charge in [0.25, 0.3) is 5.91 Å². The second-order valence-electron chi connectivity index (χ2n) is 7.25. The summed E-state index contributed by atoms with van der Waals surface area (Å²) in [6.07, 6.45) is 1.02. The number of carbonyl (C=O) groups is 1. The normalized spacial score (nSPS) is 16.1. The number of amides is 1. The molecule has 1 aliphatic heterocycles. The van der Waals surface area contributed by atoms with Crippen LogP contribution < -0.4 is 15.1 Å². The standard InChI is InChI=1S/C22H29N3O2/c1-2-18(19-6-4-3-5-7-19)16-23-22(27)17-24-12-14-25(15-13-24)20-8-10-21(26)11-9-20/h3-11,18,26H,2,12-17H2,1H3,(H,23,27)/p+1/t18-/m0/s1. The molecule has 0 unspecified atom stereocenters. The Labute approximate surface area is 161 Å². The summed E-state index contributed by atoms with van der Waals surface area (Å²) < 4.78 is 0. The molecule has 0 radical (unpaired) electrons. The van der Waals surface area contributed by atoms with Gasteiger partial charge in [0.05, 0.1) is 26.2 Å². The molecular formula is C22H30N3O2+. The lowest BCUT2D eigenvalue weighted by Gasteiger charge is -2.33. The molecule has 1 atom stereocenters. The second-order valence-corrected chi connectivity index (χ2v) is 7.25. The maximum absolute atomic E-state index is 12.4. The minimum atomic E-state index is 0.137. The van der Waals surface area contributed by atoms with Crippen LogP contribution in [0.3, 0.4) is 0 Å². The van der Waals surface area contributed by atoms with Gasteiger partial charge >= 0.3 is 0 Å². The van der Waals surface area contributed by atoms with E-state index in [9.17, 15) is 9.90 Å². The first-order chi connectivity index (χ1) is 13.2. The lowest BCUT2D eigenvalue weighted by Crippen LogP contribution is -3.16. The Balaban J connectivity index is 1.42. The molecule has 0 aromatic heterocycles. The van der Waals surface area contributed by atoms with Crippen LogP contribution in [0.5, 0.6) is 5.75 Å². The van der Waals surface area contributed by atoms with E-state index in [-0.39, 0.29) is 5.91 Å². The van der Waals surface area contributed by atoms with E-state index in [0.717, 1.165) is 38.3 Å². The molecule has 5 heteroatoms. The van der Waals surface area contributed by atoms with Crippen LogP contribution >= 0.6 is 0 Å². The smallest absolute Gasteiger partial charge is 0.275 e. The first kappa shape index (κ1) is 19.2. The number of phenolic OH excluding ortho intramolecular Hbond substituents is 1. The van der Waals surface area contributed by atoms with Crippen molar-refractivity contribution in [2.75, 3.05) is 44.2 Å². The van der Waals surface area contributed by atoms with Gasteiger partial charge < -0.3 is 20.2 Å². The molecule has 0 aliphatic carbocycles. The number of phenols is 1. The number of piperazine rings is 1. The van der Waals surface area contributed by atoms with Crippen LogP contribution in [0.4, 0.5) is 5.69 Å². The van der Waals surface area contributed by atoms with Gasteiger partial charge in [0, 0.05) is 18.2 Å². The van der Waals surface area contributed by atoms with E-state index >= 15 is 0 Å². The summed E-state index contributed by atoms with van der Waals surface area (Å²) in [6.45, 7) is 7.15. The van der Waals surface area contributed by atoms with Crippen LogP contribution in [0.15, 0.2) is 54.6 Å². The van der Waals surface area contributed by atoms with Crippen molar-refractivity contribution in [2.24, 2.45) is 0 Å². The molecule has 0 bridgehead atoms. The number of quaternary nitrogens is 1. The Kier molecular flexibility index (Phi) is 6.71. The monoisotopic (exact) mass is 368 g/mol. The zero-order chi connectivity index (χ0) is 19.1. The molecule has 1 heterocycles. The van der Waals surface area contributed by atoms with E-state index in [0.29, 0.717) is 24.8 Å². The van der Waals surface area contributed by atoms with E-state index < -0.39 is 0 Å². The van der Waals surface area contributed by atoms with Crippen molar-refractivity contribution in [2.45, 2.75) is 19.3 Å². The van der Waals surface area contributed by atoms with E-state index in [2.05, 4.69) is 41.4 Å². The first-order valence-electron chi connectivity index (χ1n) is 9.85. The highest BCUT2D eigenvalue weighted by molar-refractivity contribution is 5.76. The molecule has 1 amide bonds. The van der Waals surface area contributed by atoms with E-state index in [1.54, 1.807) is 12.1 Å². The first-order valence-corrected chi connectivity index (χ1v) is 9.85. The number of carbonyl (C=O) groups excluding carboxylic acids is 1. The number of anilines is 1. The molecule has 144 valence electrons. The van der Waals surface area contributed by atoms with Crippen molar-refractivity contribution >= 4 is 11.6 Å². The topological polar surface area (TPSA) is 57.0 Å². The number of nitrogens with one attached hydrogen (secondary N) is 2. The predicted molar refractivity (Wildman–Crippen MR) is 108 cm³/mol. The van der Waals surface area contributed by atoms with Gasteiger partial charge in [0.15, 0.2) is 6.54 Å². The quantitative estimate of drug-likeness (QED) is 0.693. The van der Waals surface area contributed by atoms with Crippen LogP contribution in [0.1, 0.15) is 24.8 Å². The average Bonchev–Trinajstić information content (AvgIpc) is 2.70. The summed E-state index contributed by atoms with van der Waals surface area (Å²) >= 11 is 0. The predicted octanol–water partition coefficient (Wildman–Crippen LogP) is 1.41. The van der Waals surface area contributed by atoms with Crippen molar-refractivity contribution in [1.29, 1.82) is 0 Å². The molecule has 1 saturated heterocycles. The molecule has 5 nitrogen and oxygen atoms in total. The van der Waals surface area contributed by atoms with Gasteiger partial charge in [-0.05, 0) is 36.2 Å². The Morgan fingerprint density at radius 1 is 1.11 bits per heavy atom. The van der Waals surface area contributed by atoms with Crippen molar-refractivity contribution in [1.82, 2.24) is 5.32 Å². The van der Waals surface area contributed by atoms with Gasteiger partial charge in [-0.1, -0.05) is 37.3 Å². The third-order valence-corrected chi connectivity index (χ3v) is 5.41. The number of rotatable bonds is 7. The van der Waals surface area contributed by atoms with E-state index in [4.69, 9.17) is 0 Å². The minimum absolute atomic E-state index is 0.137. The third-order valence-electron chi connectivity index (χ3n) is 5.41. The van der Waals surface area contributed by atoms with Crippen molar-refractivity contribution < 1.29 is 14.8 Å². The Bertz CT molecular complexity index is 710. The number of nitrogens with zero attached hydrogens (tertiary/aromatic N) is 1. The SMILES string of the molecule is CC[C@@H](CNC(=O)C[NH+]1CCN(c2ccc(O)cc2)CC1)c1ccccc1. The van der Waals surface area contributed by atoms with Crippen molar-refractivity contribution in [3.05, 3.63) is 60.2 Å². The summed E-state index contributed by atoms with van der Waals surface area (Å²) in [6, 6.07) is 17.7. The summed E-state index contributed by atoms with van der Waals surface area (Å²) in [5, 5.41) is 12.5. The summed E-state index contributed by atoms with van der Waals surface area (Å²) in [5.41, 5.74) is 2.42. The van der Waals surface area contributed by atoms with Crippen LogP contribution in [-0.4, -0.2) is 50.3 Å². The van der Waals surface area contributed by atoms with Crippen LogP contribution in [-0.2, 0) is 4.79 Å². The third kappa shape index (κ3) is 5.47. The Morgan fingerprint density at radius 3 is 2.41 bits per heavy atom. The number of benzene rings is 2. The molecule has 27 heavy (non-hydrogen) atoms. The fourth-order valence-electron chi connectivity index (χ4n) is 3.67. The average molecular weight is 369 g/mol. The molecule has 2 aromatic rings. The maximum Gasteiger partial charge on any atom is 0.275 e. The van der Waals surface area contributed by atoms with Gasteiger partial charge in [-0.15, -0.1) is 0 Å². The van der Waals surface area contributed by atoms with Crippen LogP contribution in [0, 0.1) is 0 Å². The zero-order valence-electron chi connectivity index (χ0n) is 16.0. The van der Waals surface area contributed by atoms with Gasteiger partial charge in [0.1, 0.15) is 5.75 Å². The fraction of sp³-hybridized carbons (Fsp3) is 0.409. The van der Waals surface area contributed by atoms with E-state index in [1.165, 1.54) is 10.5 Å². The van der Waals surface area contributed by atoms with Crippen molar-refractivity contribution in [3.8, 4) is 5.75 Å². The number of hydrogen-bond acceptors (Lipinski definition) is 3. The van der Waals surface area contributed by atoms with Gasteiger partial charge in [-0.2, -0.15) is 0 Å². The second kappa shape index (κ2) is 9.42. The summed E-state index contributed by atoms with van der Waals surface area (Å²) in [4.78, 5) is 16.0. The van der Waals surface area contributed by atoms with Gasteiger partial charge in [0.2, 0.25) is 0 Å². The maximum atomic E-state index is 12.4. The number of hydrogen-bond donors (Lipinski definition) is 3. The number of aromatic hydroxyl groups is 1. The fourth-order valence-corrected chi connectivity index (χ4v) is 3.67. The van der Waals surface area contributed by atoms with Crippen molar-refractivity contribution in [3.63, 3.8) is 0 Å². The zero-order valence-corrected chi connectivity index (χ0v) is 16.0. The Morgan fingerprint density at radius 2 is 1.78 bits per heavy atom. The highest BCUT2D eigenvalue weighted by Gasteiger charge is 2.22. The van der Waals surface area contributed by atoms with Crippen LogP contribution in [0.25, 0.3) is 0 Å². The largest absolute Gasteiger partial charge is 0.508 e. The molecule has 1 aliphatic rings. The molecular weight excluding hydrogens is 338 g/mol. The molecule has 0 spiro atoms. The van der Waals surface area contributed by atoms with E-state index in [1.807, 2.05) is 18.2 Å². The molecule has 3 rings (SSSR count). The van der Waals surface area contributed by atoms with Gasteiger partial charge in [-0.25, -0.2) is 0 Å². The molecule has 1 fully saturated rings. The summed E-state index contributed by atoms with van der Waals surface area (Å²) in [7, 11) is 0. The highest BCUT2D eigenvalue weighted by atomic mass is 16.3. The molecule has 3 N–H and O–H groups in total. The lowest BCUT2D eigenvalue weighted by molar-refractivity contribution is -0.892. The summed E-state index contributed by atoms with van der Waals surface area (Å²) in [5.74, 6) is 0.800. The Hall–Kier alpha value is -2.53. The molecule has 2 aromatic carbocycles.